The second-order valence-electron chi connectivity index (χ2n) is 12.3. The zero-order valence-corrected chi connectivity index (χ0v) is 22.8. The summed E-state index contributed by atoms with van der Waals surface area (Å²) in [6.45, 7) is 12.9. The number of phenolic OH excluding ortho intramolecular Hbond substituents is 1. The lowest BCUT2D eigenvalue weighted by molar-refractivity contribution is 0.245. The number of para-hydroxylation sites is 1. The molecule has 4 heteroatoms. The maximum Gasteiger partial charge on any atom is 0.319 e. The number of aromatic hydroxyl groups is 1. The molecule has 0 spiro atoms. The minimum Gasteiger partial charge on any atom is -0.507 e. The Kier molecular flexibility index (Phi) is 8.90. The van der Waals surface area contributed by atoms with E-state index < -0.39 is 0 Å². The Bertz CT molecular complexity index is 955. The van der Waals surface area contributed by atoms with E-state index >= 15 is 0 Å². The number of hydrogen-bond acceptors (Lipinski definition) is 2. The summed E-state index contributed by atoms with van der Waals surface area (Å²) in [4.78, 5) is 12.8. The molecule has 0 unspecified atom stereocenters. The first kappa shape index (κ1) is 27.1. The predicted octanol–water partition coefficient (Wildman–Crippen LogP) is 8.01. The van der Waals surface area contributed by atoms with E-state index in [1.165, 1.54) is 37.7 Å². The fraction of sp³-hybridized carbons (Fsp3) is 0.581. The van der Waals surface area contributed by atoms with Crippen molar-refractivity contribution in [2.24, 2.45) is 0 Å². The molecule has 0 atom stereocenters. The van der Waals surface area contributed by atoms with Gasteiger partial charge in [0.2, 0.25) is 0 Å². The molecule has 2 aromatic carbocycles. The third-order valence-electron chi connectivity index (χ3n) is 7.17. The molecule has 3 rings (SSSR count). The lowest BCUT2D eigenvalue weighted by Gasteiger charge is -2.28. The molecule has 0 heterocycles. The van der Waals surface area contributed by atoms with E-state index in [1.54, 1.807) is 0 Å². The number of anilines is 1. The monoisotopic (exact) mass is 478 g/mol. The van der Waals surface area contributed by atoms with Crippen LogP contribution >= 0.6 is 0 Å². The van der Waals surface area contributed by atoms with Gasteiger partial charge in [0, 0.05) is 11.7 Å². The normalized spacial score (nSPS) is 15.8. The van der Waals surface area contributed by atoms with E-state index in [2.05, 4.69) is 70.4 Å². The van der Waals surface area contributed by atoms with Crippen molar-refractivity contribution in [1.82, 2.24) is 5.32 Å². The molecule has 4 nitrogen and oxygen atoms in total. The fourth-order valence-electron chi connectivity index (χ4n) is 5.07. The molecule has 0 aromatic heterocycles. The van der Waals surface area contributed by atoms with Crippen molar-refractivity contribution in [2.45, 2.75) is 116 Å². The summed E-state index contributed by atoms with van der Waals surface area (Å²) in [7, 11) is 0. The smallest absolute Gasteiger partial charge is 0.319 e. The van der Waals surface area contributed by atoms with Gasteiger partial charge in [-0.3, -0.25) is 0 Å². The molecular formula is C31H46N2O2. The molecule has 1 saturated carbocycles. The molecule has 1 aliphatic rings. The van der Waals surface area contributed by atoms with Crippen LogP contribution in [0.15, 0.2) is 36.4 Å². The lowest BCUT2D eigenvalue weighted by Crippen LogP contribution is -2.38. The average molecular weight is 479 g/mol. The Morgan fingerprint density at radius 3 is 1.97 bits per heavy atom. The van der Waals surface area contributed by atoms with Crippen molar-refractivity contribution in [3.05, 3.63) is 58.7 Å². The summed E-state index contributed by atoms with van der Waals surface area (Å²) in [5.41, 5.74) is 4.91. The van der Waals surface area contributed by atoms with E-state index in [0.29, 0.717) is 5.75 Å². The first-order chi connectivity index (χ1) is 16.4. The molecule has 0 aliphatic heterocycles. The van der Waals surface area contributed by atoms with Crippen LogP contribution in [-0.4, -0.2) is 17.2 Å². The lowest BCUT2D eigenvalue weighted by atomic mass is 9.78. The van der Waals surface area contributed by atoms with Gasteiger partial charge in [-0.15, -0.1) is 0 Å². The highest BCUT2D eigenvalue weighted by Crippen LogP contribution is 2.40. The molecule has 3 N–H and O–H groups in total. The molecule has 0 bridgehead atoms. The van der Waals surface area contributed by atoms with Gasteiger partial charge in [-0.2, -0.15) is 0 Å². The minimum absolute atomic E-state index is 0.0994. The maximum atomic E-state index is 12.8. The number of amides is 2. The Labute approximate surface area is 212 Å². The summed E-state index contributed by atoms with van der Waals surface area (Å²) in [6.07, 6.45) is 10.1. The van der Waals surface area contributed by atoms with Gasteiger partial charge in [-0.1, -0.05) is 104 Å². The summed E-state index contributed by atoms with van der Waals surface area (Å²) >= 11 is 0. The highest BCUT2D eigenvalue weighted by atomic mass is 16.3. The van der Waals surface area contributed by atoms with Crippen molar-refractivity contribution in [3.8, 4) is 5.75 Å². The SMILES string of the molecule is CC(C)(C)c1cc(CCc2ccccc2NC(=O)NC2CCCCCCC2)cc(C(C)(C)C)c1O. The summed E-state index contributed by atoms with van der Waals surface area (Å²) in [6, 6.07) is 12.6. The predicted molar refractivity (Wildman–Crippen MR) is 148 cm³/mol. The van der Waals surface area contributed by atoms with Crippen LogP contribution < -0.4 is 10.6 Å². The Hall–Kier alpha value is -2.49. The third-order valence-corrected chi connectivity index (χ3v) is 7.17. The van der Waals surface area contributed by atoms with Crippen LogP contribution in [0.3, 0.4) is 0 Å². The molecule has 192 valence electrons. The first-order valence-electron chi connectivity index (χ1n) is 13.5. The van der Waals surface area contributed by atoms with Crippen LogP contribution in [-0.2, 0) is 23.7 Å². The van der Waals surface area contributed by atoms with Gasteiger partial charge < -0.3 is 15.7 Å². The highest BCUT2D eigenvalue weighted by molar-refractivity contribution is 5.90. The Balaban J connectivity index is 1.74. The van der Waals surface area contributed by atoms with Crippen molar-refractivity contribution in [3.63, 3.8) is 0 Å². The van der Waals surface area contributed by atoms with Crippen LogP contribution in [0.1, 0.15) is 109 Å². The van der Waals surface area contributed by atoms with Crippen LogP contribution in [0.25, 0.3) is 0 Å². The number of carbonyl (C=O) groups excluding carboxylic acids is 1. The van der Waals surface area contributed by atoms with E-state index in [9.17, 15) is 9.90 Å². The van der Waals surface area contributed by atoms with Crippen molar-refractivity contribution < 1.29 is 9.90 Å². The van der Waals surface area contributed by atoms with Crippen molar-refractivity contribution in [1.29, 1.82) is 0 Å². The number of aryl methyl sites for hydroxylation is 2. The number of benzene rings is 2. The maximum absolute atomic E-state index is 12.8. The van der Waals surface area contributed by atoms with Gasteiger partial charge in [0.05, 0.1) is 0 Å². The highest BCUT2D eigenvalue weighted by Gasteiger charge is 2.26. The van der Waals surface area contributed by atoms with Crippen molar-refractivity contribution in [2.75, 3.05) is 5.32 Å². The van der Waals surface area contributed by atoms with Gasteiger partial charge in [0.25, 0.3) is 0 Å². The van der Waals surface area contributed by atoms with E-state index in [1.807, 2.05) is 18.2 Å². The summed E-state index contributed by atoms with van der Waals surface area (Å²) in [5, 5.41) is 17.4. The zero-order chi connectivity index (χ0) is 25.6. The van der Waals surface area contributed by atoms with Gasteiger partial charge in [0.1, 0.15) is 5.75 Å². The summed E-state index contributed by atoms with van der Waals surface area (Å²) in [5.74, 6) is 0.418. The van der Waals surface area contributed by atoms with Crippen molar-refractivity contribution >= 4 is 11.7 Å². The number of hydrogen-bond donors (Lipinski definition) is 3. The van der Waals surface area contributed by atoms with Crippen LogP contribution in [0, 0.1) is 0 Å². The fourth-order valence-corrected chi connectivity index (χ4v) is 5.07. The molecule has 2 aromatic rings. The molecule has 35 heavy (non-hydrogen) atoms. The number of rotatable bonds is 5. The molecular weight excluding hydrogens is 432 g/mol. The molecule has 1 fully saturated rings. The van der Waals surface area contributed by atoms with Gasteiger partial charge in [-0.05, 0) is 64.8 Å². The van der Waals surface area contributed by atoms with E-state index in [0.717, 1.165) is 48.1 Å². The number of nitrogens with one attached hydrogen (secondary N) is 2. The van der Waals surface area contributed by atoms with Crippen LogP contribution in [0.5, 0.6) is 5.75 Å². The number of urea groups is 1. The topological polar surface area (TPSA) is 61.4 Å². The van der Waals surface area contributed by atoms with Crippen LogP contribution in [0.2, 0.25) is 0 Å². The second-order valence-corrected chi connectivity index (χ2v) is 12.3. The quantitative estimate of drug-likeness (QED) is 0.407. The van der Waals surface area contributed by atoms with Gasteiger partial charge in [-0.25, -0.2) is 4.79 Å². The molecule has 0 saturated heterocycles. The Morgan fingerprint density at radius 2 is 1.40 bits per heavy atom. The van der Waals surface area contributed by atoms with Gasteiger partial charge in [0.15, 0.2) is 0 Å². The minimum atomic E-state index is -0.144. The number of phenols is 1. The zero-order valence-electron chi connectivity index (χ0n) is 22.8. The van der Waals surface area contributed by atoms with E-state index in [4.69, 9.17) is 0 Å². The van der Waals surface area contributed by atoms with Crippen LogP contribution in [0.4, 0.5) is 10.5 Å². The van der Waals surface area contributed by atoms with E-state index in [-0.39, 0.29) is 22.9 Å². The van der Waals surface area contributed by atoms with Gasteiger partial charge >= 0.3 is 6.03 Å². The summed E-state index contributed by atoms with van der Waals surface area (Å²) < 4.78 is 0. The Morgan fingerprint density at radius 1 is 0.857 bits per heavy atom. The third kappa shape index (κ3) is 7.75. The second kappa shape index (κ2) is 11.5. The molecule has 2 amide bonds. The average Bonchev–Trinajstić information content (AvgIpc) is 2.74. The number of carbonyl (C=O) groups is 1. The first-order valence-corrected chi connectivity index (χ1v) is 13.5. The standard InChI is InChI=1S/C31H46N2O2/c1-30(2,3)25-20-22(21-26(28(25)34)31(4,5)6)18-19-23-14-12-13-17-27(23)33-29(35)32-24-15-10-8-7-9-11-16-24/h12-14,17,20-21,24,34H,7-11,15-16,18-19H2,1-6H3,(H2,32,33,35). The molecule has 1 aliphatic carbocycles. The largest absolute Gasteiger partial charge is 0.507 e. The molecule has 0 radical (unpaired) electrons.